The van der Waals surface area contributed by atoms with Gasteiger partial charge in [0, 0.05) is 33.6 Å². The maximum Gasteiger partial charge on any atom is 0.223 e. The van der Waals surface area contributed by atoms with Crippen LogP contribution in [0.3, 0.4) is 0 Å². The summed E-state index contributed by atoms with van der Waals surface area (Å²) in [5.41, 5.74) is 2.66. The fraction of sp³-hybridized carbons (Fsp3) is 0.533. The summed E-state index contributed by atoms with van der Waals surface area (Å²) in [6.45, 7) is 2.23. The van der Waals surface area contributed by atoms with Crippen LogP contribution in [0.25, 0.3) is 0 Å². The number of fused-ring (bicyclic) bond motifs is 1. The lowest BCUT2D eigenvalue weighted by molar-refractivity contribution is -0.128. The van der Waals surface area contributed by atoms with Gasteiger partial charge in [-0.3, -0.25) is 4.79 Å². The Balaban J connectivity index is 1.80. The summed E-state index contributed by atoms with van der Waals surface area (Å²) in [5.74, 6) is 0.150. The van der Waals surface area contributed by atoms with Crippen molar-refractivity contribution in [2.24, 2.45) is 0 Å². The number of rotatable bonds is 5. The standard InChI is InChI=1S/C15H22N2O2/c1-17(2)15(18)7-9-16-11-14-13-6-4-3-5-12(13)8-10-19-14/h3-6,14,16H,7-11H2,1-2H3. The van der Waals surface area contributed by atoms with Crippen molar-refractivity contribution in [3.05, 3.63) is 35.4 Å². The van der Waals surface area contributed by atoms with Gasteiger partial charge in [0.2, 0.25) is 5.91 Å². The molecule has 19 heavy (non-hydrogen) atoms. The fourth-order valence-corrected chi connectivity index (χ4v) is 2.30. The summed E-state index contributed by atoms with van der Waals surface area (Å²) in [5, 5.41) is 3.31. The molecule has 0 aromatic heterocycles. The molecular weight excluding hydrogens is 240 g/mol. The Bertz CT molecular complexity index is 432. The lowest BCUT2D eigenvalue weighted by Gasteiger charge is -2.26. The molecule has 1 aromatic carbocycles. The van der Waals surface area contributed by atoms with Crippen molar-refractivity contribution in [3.8, 4) is 0 Å². The van der Waals surface area contributed by atoms with Gasteiger partial charge >= 0.3 is 0 Å². The van der Waals surface area contributed by atoms with Gasteiger partial charge in [-0.15, -0.1) is 0 Å². The molecule has 104 valence electrons. The van der Waals surface area contributed by atoms with Crippen LogP contribution in [0.4, 0.5) is 0 Å². The van der Waals surface area contributed by atoms with Gasteiger partial charge in [0.1, 0.15) is 0 Å². The van der Waals surface area contributed by atoms with Gasteiger partial charge in [0.15, 0.2) is 0 Å². The molecule has 1 atom stereocenters. The Labute approximate surface area is 114 Å². The van der Waals surface area contributed by atoms with Gasteiger partial charge in [-0.2, -0.15) is 0 Å². The molecular formula is C15H22N2O2. The monoisotopic (exact) mass is 262 g/mol. The zero-order valence-electron chi connectivity index (χ0n) is 11.7. The second-order valence-electron chi connectivity index (χ2n) is 5.05. The molecule has 4 nitrogen and oxygen atoms in total. The number of hydrogen-bond acceptors (Lipinski definition) is 3. The van der Waals surface area contributed by atoms with Crippen LogP contribution in [0.1, 0.15) is 23.7 Å². The van der Waals surface area contributed by atoms with E-state index in [0.717, 1.165) is 19.6 Å². The van der Waals surface area contributed by atoms with E-state index < -0.39 is 0 Å². The minimum Gasteiger partial charge on any atom is -0.372 e. The van der Waals surface area contributed by atoms with E-state index >= 15 is 0 Å². The highest BCUT2D eigenvalue weighted by molar-refractivity contribution is 5.75. The van der Waals surface area contributed by atoms with E-state index in [4.69, 9.17) is 4.74 Å². The second kappa shape index (κ2) is 6.68. The van der Waals surface area contributed by atoms with Crippen molar-refractivity contribution >= 4 is 5.91 Å². The van der Waals surface area contributed by atoms with E-state index in [2.05, 4.69) is 29.6 Å². The lowest BCUT2D eigenvalue weighted by Crippen LogP contribution is -2.31. The van der Waals surface area contributed by atoms with Crippen LogP contribution in [0, 0.1) is 0 Å². The van der Waals surface area contributed by atoms with Gasteiger partial charge < -0.3 is 15.0 Å². The number of ether oxygens (including phenoxy) is 1. The Hall–Kier alpha value is -1.39. The minimum absolute atomic E-state index is 0.111. The Morgan fingerprint density at radius 1 is 1.42 bits per heavy atom. The first kappa shape index (κ1) is 14.0. The first-order valence-corrected chi connectivity index (χ1v) is 6.79. The number of nitrogens with zero attached hydrogens (tertiary/aromatic N) is 1. The summed E-state index contributed by atoms with van der Waals surface area (Å²) in [6.07, 6.45) is 1.63. The third-order valence-corrected chi connectivity index (χ3v) is 3.44. The van der Waals surface area contributed by atoms with Gasteiger partial charge in [-0.25, -0.2) is 0 Å². The smallest absolute Gasteiger partial charge is 0.223 e. The van der Waals surface area contributed by atoms with E-state index in [-0.39, 0.29) is 12.0 Å². The lowest BCUT2D eigenvalue weighted by atomic mass is 9.97. The van der Waals surface area contributed by atoms with Crippen molar-refractivity contribution in [1.82, 2.24) is 10.2 Å². The van der Waals surface area contributed by atoms with Gasteiger partial charge in [-0.1, -0.05) is 24.3 Å². The van der Waals surface area contributed by atoms with Gasteiger partial charge in [-0.05, 0) is 17.5 Å². The topological polar surface area (TPSA) is 41.6 Å². The van der Waals surface area contributed by atoms with E-state index in [1.54, 1.807) is 19.0 Å². The molecule has 1 aromatic rings. The first-order chi connectivity index (χ1) is 9.18. The number of benzene rings is 1. The number of amides is 1. The molecule has 1 amide bonds. The molecule has 1 aliphatic heterocycles. The zero-order valence-corrected chi connectivity index (χ0v) is 11.7. The molecule has 0 spiro atoms. The van der Waals surface area contributed by atoms with Crippen LogP contribution < -0.4 is 5.32 Å². The molecule has 0 saturated heterocycles. The van der Waals surface area contributed by atoms with E-state index in [9.17, 15) is 4.79 Å². The van der Waals surface area contributed by atoms with E-state index in [0.29, 0.717) is 13.0 Å². The molecule has 1 unspecified atom stereocenters. The van der Waals surface area contributed by atoms with Gasteiger partial charge in [0.25, 0.3) is 0 Å². The molecule has 0 fully saturated rings. The maximum atomic E-state index is 11.4. The molecule has 0 aliphatic carbocycles. The van der Waals surface area contributed by atoms with Crippen molar-refractivity contribution < 1.29 is 9.53 Å². The third-order valence-electron chi connectivity index (χ3n) is 3.44. The Morgan fingerprint density at radius 3 is 3.00 bits per heavy atom. The summed E-state index contributed by atoms with van der Waals surface area (Å²) in [7, 11) is 3.56. The van der Waals surface area contributed by atoms with Crippen molar-refractivity contribution in [1.29, 1.82) is 0 Å². The molecule has 2 rings (SSSR count). The molecule has 0 bridgehead atoms. The molecule has 1 N–H and O–H groups in total. The molecule has 1 aliphatic rings. The highest BCUT2D eigenvalue weighted by Crippen LogP contribution is 2.25. The van der Waals surface area contributed by atoms with Crippen molar-refractivity contribution in [2.75, 3.05) is 33.8 Å². The second-order valence-corrected chi connectivity index (χ2v) is 5.05. The van der Waals surface area contributed by atoms with Crippen LogP contribution in [-0.4, -0.2) is 44.6 Å². The minimum atomic E-state index is 0.111. The van der Waals surface area contributed by atoms with Crippen molar-refractivity contribution in [2.45, 2.75) is 18.9 Å². The van der Waals surface area contributed by atoms with Crippen LogP contribution in [0.5, 0.6) is 0 Å². The normalized spacial score (nSPS) is 17.9. The zero-order chi connectivity index (χ0) is 13.7. The average molecular weight is 262 g/mol. The summed E-state index contributed by atoms with van der Waals surface area (Å²) in [6, 6.07) is 8.42. The number of hydrogen-bond donors (Lipinski definition) is 1. The predicted molar refractivity (Wildman–Crippen MR) is 75.0 cm³/mol. The molecule has 0 radical (unpaired) electrons. The SMILES string of the molecule is CN(C)C(=O)CCNCC1OCCc2ccccc21. The van der Waals surface area contributed by atoms with E-state index in [1.807, 2.05) is 0 Å². The Morgan fingerprint density at radius 2 is 2.21 bits per heavy atom. The predicted octanol–water partition coefficient (Wildman–Crippen LogP) is 1.37. The first-order valence-electron chi connectivity index (χ1n) is 6.79. The average Bonchev–Trinajstić information content (AvgIpc) is 2.43. The van der Waals surface area contributed by atoms with Crippen molar-refractivity contribution in [3.63, 3.8) is 0 Å². The molecule has 0 saturated carbocycles. The molecule has 1 heterocycles. The number of nitrogens with one attached hydrogen (secondary N) is 1. The summed E-state index contributed by atoms with van der Waals surface area (Å²) < 4.78 is 5.80. The third kappa shape index (κ3) is 3.78. The summed E-state index contributed by atoms with van der Waals surface area (Å²) in [4.78, 5) is 13.1. The molecule has 4 heteroatoms. The van der Waals surface area contributed by atoms with Crippen LogP contribution in [0.15, 0.2) is 24.3 Å². The Kier molecular flexibility index (Phi) is 4.93. The highest BCUT2D eigenvalue weighted by Gasteiger charge is 2.19. The quantitative estimate of drug-likeness (QED) is 0.815. The summed E-state index contributed by atoms with van der Waals surface area (Å²) >= 11 is 0. The van der Waals surface area contributed by atoms with Crippen LogP contribution in [-0.2, 0) is 16.0 Å². The van der Waals surface area contributed by atoms with Crippen LogP contribution in [0.2, 0.25) is 0 Å². The van der Waals surface area contributed by atoms with E-state index in [1.165, 1.54) is 11.1 Å². The number of carbonyl (C=O) groups excluding carboxylic acids is 1. The van der Waals surface area contributed by atoms with Crippen LogP contribution >= 0.6 is 0 Å². The largest absolute Gasteiger partial charge is 0.372 e. The van der Waals surface area contributed by atoms with Gasteiger partial charge in [0.05, 0.1) is 12.7 Å². The maximum absolute atomic E-state index is 11.4. The number of carbonyl (C=O) groups is 1. The highest BCUT2D eigenvalue weighted by atomic mass is 16.5. The fourth-order valence-electron chi connectivity index (χ4n) is 2.30.